The number of amides is 2. The zero-order valence-electron chi connectivity index (χ0n) is 15.2. The molecule has 0 atom stereocenters. The monoisotopic (exact) mass is 362 g/mol. The number of morpholine rings is 1. The van der Waals surface area contributed by atoms with Crippen LogP contribution in [0.5, 0.6) is 0 Å². The third kappa shape index (κ3) is 4.89. The first-order valence-corrected chi connectivity index (χ1v) is 9.04. The topological polar surface area (TPSA) is 90.9 Å². The summed E-state index contributed by atoms with van der Waals surface area (Å²) in [5.41, 5.74) is 0.318. The van der Waals surface area contributed by atoms with Crippen molar-refractivity contribution in [1.29, 1.82) is 0 Å². The number of nitrogens with zero attached hydrogens (tertiary/aromatic N) is 5. The summed E-state index contributed by atoms with van der Waals surface area (Å²) in [5.74, 6) is 0.622. The van der Waals surface area contributed by atoms with E-state index in [-0.39, 0.29) is 11.8 Å². The number of ether oxygens (including phenoxy) is 1. The Labute approximate surface area is 153 Å². The van der Waals surface area contributed by atoms with Crippen LogP contribution in [-0.2, 0) is 9.53 Å². The maximum absolute atomic E-state index is 12.2. The molecule has 2 saturated heterocycles. The van der Waals surface area contributed by atoms with Crippen molar-refractivity contribution in [2.75, 3.05) is 70.5 Å². The molecule has 0 aliphatic carbocycles. The second kappa shape index (κ2) is 8.91. The molecule has 9 nitrogen and oxygen atoms in total. The van der Waals surface area contributed by atoms with Crippen molar-refractivity contribution in [3.05, 3.63) is 18.1 Å². The number of aromatic nitrogens is 2. The van der Waals surface area contributed by atoms with Gasteiger partial charge in [0.15, 0.2) is 0 Å². The molecule has 26 heavy (non-hydrogen) atoms. The van der Waals surface area contributed by atoms with E-state index in [1.165, 1.54) is 6.20 Å². The number of rotatable bonds is 5. The third-order valence-electron chi connectivity index (χ3n) is 4.74. The van der Waals surface area contributed by atoms with Gasteiger partial charge < -0.3 is 19.9 Å². The fourth-order valence-electron chi connectivity index (χ4n) is 3.10. The molecule has 2 fully saturated rings. The van der Waals surface area contributed by atoms with Gasteiger partial charge in [-0.25, -0.2) is 9.97 Å². The van der Waals surface area contributed by atoms with Gasteiger partial charge in [-0.1, -0.05) is 0 Å². The molecule has 0 spiro atoms. The van der Waals surface area contributed by atoms with Gasteiger partial charge in [0.05, 0.1) is 25.6 Å². The van der Waals surface area contributed by atoms with Crippen molar-refractivity contribution in [2.24, 2.45) is 0 Å². The standard InChI is InChI=1S/C17H26N6O3/c1-14(24)22-4-6-23(7-5-22)16-13-19-15(12-20-16)17(25)18-2-3-21-8-10-26-11-9-21/h12-13H,2-11H2,1H3,(H,18,25). The van der Waals surface area contributed by atoms with Crippen LogP contribution in [0.15, 0.2) is 12.4 Å². The Morgan fingerprint density at radius 2 is 1.81 bits per heavy atom. The maximum Gasteiger partial charge on any atom is 0.271 e. The predicted molar refractivity (Wildman–Crippen MR) is 96.1 cm³/mol. The molecule has 0 radical (unpaired) electrons. The summed E-state index contributed by atoms with van der Waals surface area (Å²) < 4.78 is 5.30. The second-order valence-electron chi connectivity index (χ2n) is 6.46. The van der Waals surface area contributed by atoms with Crippen LogP contribution in [0.2, 0.25) is 0 Å². The second-order valence-corrected chi connectivity index (χ2v) is 6.46. The number of carbonyl (C=O) groups excluding carboxylic acids is 2. The number of anilines is 1. The highest BCUT2D eigenvalue weighted by Crippen LogP contribution is 2.12. The Bertz CT molecular complexity index is 609. The largest absolute Gasteiger partial charge is 0.379 e. The summed E-state index contributed by atoms with van der Waals surface area (Å²) in [6, 6.07) is 0. The van der Waals surface area contributed by atoms with E-state index in [1.54, 1.807) is 13.1 Å². The van der Waals surface area contributed by atoms with Crippen molar-refractivity contribution in [2.45, 2.75) is 6.92 Å². The lowest BCUT2D eigenvalue weighted by Gasteiger charge is -2.34. The average Bonchev–Trinajstić information content (AvgIpc) is 2.69. The van der Waals surface area contributed by atoms with Gasteiger partial charge in [-0.05, 0) is 0 Å². The molecule has 1 N–H and O–H groups in total. The van der Waals surface area contributed by atoms with Crippen LogP contribution in [0.1, 0.15) is 17.4 Å². The molecular formula is C17H26N6O3. The van der Waals surface area contributed by atoms with Crippen LogP contribution >= 0.6 is 0 Å². The maximum atomic E-state index is 12.2. The lowest BCUT2D eigenvalue weighted by molar-refractivity contribution is -0.129. The first-order valence-electron chi connectivity index (χ1n) is 9.04. The van der Waals surface area contributed by atoms with Crippen molar-refractivity contribution in [1.82, 2.24) is 25.1 Å². The van der Waals surface area contributed by atoms with Gasteiger partial charge in [0.25, 0.3) is 5.91 Å². The number of hydrogen-bond acceptors (Lipinski definition) is 7. The number of nitrogens with one attached hydrogen (secondary N) is 1. The van der Waals surface area contributed by atoms with Crippen molar-refractivity contribution in [3.8, 4) is 0 Å². The molecule has 1 aromatic heterocycles. The molecule has 142 valence electrons. The normalized spacial score (nSPS) is 18.7. The lowest BCUT2D eigenvalue weighted by Crippen LogP contribution is -2.48. The lowest BCUT2D eigenvalue weighted by atomic mass is 10.3. The highest BCUT2D eigenvalue weighted by atomic mass is 16.5. The number of piperazine rings is 1. The Morgan fingerprint density at radius 1 is 1.08 bits per heavy atom. The minimum Gasteiger partial charge on any atom is -0.379 e. The van der Waals surface area contributed by atoms with Crippen molar-refractivity contribution >= 4 is 17.6 Å². The molecule has 2 amide bonds. The van der Waals surface area contributed by atoms with Crippen LogP contribution < -0.4 is 10.2 Å². The molecular weight excluding hydrogens is 336 g/mol. The summed E-state index contributed by atoms with van der Waals surface area (Å²) in [4.78, 5) is 38.3. The fraction of sp³-hybridized carbons (Fsp3) is 0.647. The Hall–Kier alpha value is -2.26. The number of hydrogen-bond donors (Lipinski definition) is 1. The highest BCUT2D eigenvalue weighted by molar-refractivity contribution is 5.92. The molecule has 9 heteroatoms. The van der Waals surface area contributed by atoms with Crippen LogP contribution in [0.3, 0.4) is 0 Å². The zero-order chi connectivity index (χ0) is 18.4. The summed E-state index contributed by atoms with van der Waals surface area (Å²) in [7, 11) is 0. The van der Waals surface area contributed by atoms with Gasteiger partial charge in [0.1, 0.15) is 11.5 Å². The molecule has 0 unspecified atom stereocenters. The van der Waals surface area contributed by atoms with Gasteiger partial charge in [0.2, 0.25) is 5.91 Å². The molecule has 0 saturated carbocycles. The van der Waals surface area contributed by atoms with Crippen molar-refractivity contribution in [3.63, 3.8) is 0 Å². The first-order chi connectivity index (χ1) is 12.6. The molecule has 3 rings (SSSR count). The Balaban J connectivity index is 1.44. The summed E-state index contributed by atoms with van der Waals surface area (Å²) in [6.45, 7) is 9.09. The number of carbonyl (C=O) groups is 2. The molecule has 1 aromatic rings. The van der Waals surface area contributed by atoms with Crippen LogP contribution in [0, 0.1) is 0 Å². The van der Waals surface area contributed by atoms with E-state index in [4.69, 9.17) is 4.74 Å². The van der Waals surface area contributed by atoms with E-state index < -0.39 is 0 Å². The predicted octanol–water partition coefficient (Wildman–Crippen LogP) is -0.793. The smallest absolute Gasteiger partial charge is 0.271 e. The van der Waals surface area contributed by atoms with Crippen molar-refractivity contribution < 1.29 is 14.3 Å². The van der Waals surface area contributed by atoms with Crippen LogP contribution in [0.25, 0.3) is 0 Å². The van der Waals surface area contributed by atoms with Gasteiger partial charge in [-0.15, -0.1) is 0 Å². The average molecular weight is 362 g/mol. The summed E-state index contributed by atoms with van der Waals surface area (Å²) in [5, 5.41) is 2.88. The van der Waals surface area contributed by atoms with E-state index >= 15 is 0 Å². The van der Waals surface area contributed by atoms with Crippen LogP contribution in [-0.4, -0.2) is 97.2 Å². The van der Waals surface area contributed by atoms with E-state index in [0.717, 1.165) is 51.8 Å². The Morgan fingerprint density at radius 3 is 2.42 bits per heavy atom. The van der Waals surface area contributed by atoms with Gasteiger partial charge >= 0.3 is 0 Å². The highest BCUT2D eigenvalue weighted by Gasteiger charge is 2.20. The zero-order valence-corrected chi connectivity index (χ0v) is 15.2. The van der Waals surface area contributed by atoms with Crippen LogP contribution in [0.4, 0.5) is 5.82 Å². The minimum absolute atomic E-state index is 0.0971. The fourth-order valence-corrected chi connectivity index (χ4v) is 3.10. The van der Waals surface area contributed by atoms with Gasteiger partial charge in [-0.2, -0.15) is 0 Å². The summed E-state index contributed by atoms with van der Waals surface area (Å²) in [6.07, 6.45) is 3.14. The molecule has 0 bridgehead atoms. The Kier molecular flexibility index (Phi) is 6.35. The first kappa shape index (κ1) is 18.5. The quantitative estimate of drug-likeness (QED) is 0.734. The minimum atomic E-state index is -0.210. The third-order valence-corrected chi connectivity index (χ3v) is 4.74. The van der Waals surface area contributed by atoms with Gasteiger partial charge in [-0.3, -0.25) is 14.5 Å². The molecule has 3 heterocycles. The van der Waals surface area contributed by atoms with E-state index in [1.807, 2.05) is 4.90 Å². The molecule has 2 aliphatic rings. The van der Waals surface area contributed by atoms with E-state index in [9.17, 15) is 9.59 Å². The van der Waals surface area contributed by atoms with E-state index in [2.05, 4.69) is 25.1 Å². The molecule has 2 aliphatic heterocycles. The van der Waals surface area contributed by atoms with E-state index in [0.29, 0.717) is 25.3 Å². The SMILES string of the molecule is CC(=O)N1CCN(c2cnc(C(=O)NCCN3CCOCC3)cn2)CC1. The summed E-state index contributed by atoms with van der Waals surface area (Å²) >= 11 is 0. The van der Waals surface area contributed by atoms with Gasteiger partial charge in [0, 0.05) is 59.3 Å². The molecule has 0 aromatic carbocycles.